The summed E-state index contributed by atoms with van der Waals surface area (Å²) in [7, 11) is 2.07. The Morgan fingerprint density at radius 1 is 1.12 bits per heavy atom. The monoisotopic (exact) mass is 341 g/mol. The molecule has 132 valence electrons. The fourth-order valence-electron chi connectivity index (χ4n) is 3.32. The first-order valence-corrected chi connectivity index (χ1v) is 8.68. The first-order valence-electron chi connectivity index (χ1n) is 8.68. The number of likely N-dealkylation sites (N-methyl/N-ethyl adjacent to an activating group) is 1. The predicted octanol–water partition coefficient (Wildman–Crippen LogP) is 2.71. The van der Waals surface area contributed by atoms with Crippen LogP contribution in [-0.2, 0) is 4.74 Å². The van der Waals surface area contributed by atoms with E-state index in [2.05, 4.69) is 41.1 Å². The molecule has 0 amide bonds. The van der Waals surface area contributed by atoms with Crippen LogP contribution in [0, 0.1) is 0 Å². The van der Waals surface area contributed by atoms with E-state index in [4.69, 9.17) is 9.15 Å². The Balaban J connectivity index is 1.50. The Labute approximate surface area is 147 Å². The lowest BCUT2D eigenvalue weighted by molar-refractivity contribution is -0.0821. The van der Waals surface area contributed by atoms with Crippen LogP contribution < -0.4 is 5.01 Å². The first-order chi connectivity index (χ1) is 12.1. The maximum Gasteiger partial charge on any atom is 0.247 e. The number of morpholine rings is 1. The van der Waals surface area contributed by atoms with E-state index in [-0.39, 0.29) is 12.2 Å². The number of aromatic nitrogens is 2. The minimum Gasteiger partial charge on any atom is -0.418 e. The van der Waals surface area contributed by atoms with E-state index in [1.54, 1.807) is 0 Å². The summed E-state index contributed by atoms with van der Waals surface area (Å²) in [6.07, 6.45) is 1.00. The van der Waals surface area contributed by atoms with Crippen LogP contribution in [0.4, 0.5) is 5.69 Å². The molecule has 0 unspecified atom stereocenters. The van der Waals surface area contributed by atoms with Crippen molar-refractivity contribution in [2.45, 2.75) is 32.5 Å². The number of hydrogen-bond donors (Lipinski definition) is 0. The van der Waals surface area contributed by atoms with E-state index in [1.807, 2.05) is 29.3 Å². The van der Waals surface area contributed by atoms with Gasteiger partial charge >= 0.3 is 0 Å². The summed E-state index contributed by atoms with van der Waals surface area (Å²) >= 11 is 0. The smallest absolute Gasteiger partial charge is 0.247 e. The highest BCUT2D eigenvalue weighted by Crippen LogP contribution is 2.28. The van der Waals surface area contributed by atoms with Gasteiger partial charge in [-0.1, -0.05) is 0 Å². The molecule has 25 heavy (non-hydrogen) atoms. The number of ether oxygens (including phenoxy) is 1. The van der Waals surface area contributed by atoms with Crippen molar-refractivity contribution in [3.63, 3.8) is 0 Å². The molecule has 7 nitrogen and oxygen atoms in total. The van der Waals surface area contributed by atoms with Gasteiger partial charge in [0.05, 0.1) is 11.8 Å². The molecule has 0 N–H and O–H groups in total. The van der Waals surface area contributed by atoms with Crippen molar-refractivity contribution in [2.75, 3.05) is 31.7 Å². The molecule has 0 bridgehead atoms. The van der Waals surface area contributed by atoms with Crippen LogP contribution >= 0.6 is 0 Å². The summed E-state index contributed by atoms with van der Waals surface area (Å²) in [6, 6.07) is 8.06. The van der Waals surface area contributed by atoms with Crippen molar-refractivity contribution in [1.82, 2.24) is 15.1 Å². The van der Waals surface area contributed by atoms with E-state index < -0.39 is 0 Å². The molecule has 1 aromatic carbocycles. The summed E-state index contributed by atoms with van der Waals surface area (Å²) < 4.78 is 11.8. The largest absolute Gasteiger partial charge is 0.418 e. The van der Waals surface area contributed by atoms with Crippen molar-refractivity contribution < 1.29 is 9.15 Å². The molecule has 3 heterocycles. The van der Waals surface area contributed by atoms with Crippen molar-refractivity contribution in [3.05, 3.63) is 30.2 Å². The molecule has 1 aromatic heterocycles. The maximum atomic E-state index is 5.93. The minimum atomic E-state index is -0.170. The third kappa shape index (κ3) is 3.43. The average Bonchev–Trinajstić information content (AvgIpc) is 3.23. The second kappa shape index (κ2) is 6.57. The lowest BCUT2D eigenvalue weighted by Crippen LogP contribution is -2.40. The predicted molar refractivity (Wildman–Crippen MR) is 95.6 cm³/mol. The molecular weight excluding hydrogens is 318 g/mol. The van der Waals surface area contributed by atoms with Gasteiger partial charge in [0, 0.05) is 37.3 Å². The van der Waals surface area contributed by atoms with Crippen LogP contribution in [0.2, 0.25) is 0 Å². The highest BCUT2D eigenvalue weighted by Gasteiger charge is 2.28. The highest BCUT2D eigenvalue weighted by molar-refractivity contribution is 5.85. The van der Waals surface area contributed by atoms with Crippen molar-refractivity contribution in [3.8, 4) is 11.5 Å². The van der Waals surface area contributed by atoms with Gasteiger partial charge in [0.25, 0.3) is 0 Å². The van der Waals surface area contributed by atoms with E-state index in [1.165, 1.54) is 0 Å². The summed E-state index contributed by atoms with van der Waals surface area (Å²) in [5.74, 6) is 1.06. The number of benzene rings is 1. The highest BCUT2D eigenvalue weighted by atomic mass is 16.5. The molecule has 0 spiro atoms. The molecular formula is C18H23N5O2. The standard InChI is InChI=1S/C18H23N5O2/c1-12-8-9-23(21-12)15-6-4-14(5-7-15)17-19-20-18(25-17)16-11-22(3)10-13(2)24-16/h4-7,13,16H,8-11H2,1-3H3/t13-,16-/m1/s1. The summed E-state index contributed by atoms with van der Waals surface area (Å²) in [6.45, 7) is 6.72. The third-order valence-electron chi connectivity index (χ3n) is 4.55. The van der Waals surface area contributed by atoms with E-state index >= 15 is 0 Å². The molecule has 2 aliphatic heterocycles. The SMILES string of the molecule is CC1=NN(c2ccc(-c3nnc([C@H]4CN(C)C[C@@H](C)O4)o3)cc2)CC1. The Bertz CT molecular complexity index is 760. The quantitative estimate of drug-likeness (QED) is 0.855. The van der Waals surface area contributed by atoms with Crippen LogP contribution in [0.15, 0.2) is 33.8 Å². The van der Waals surface area contributed by atoms with Gasteiger partial charge in [-0.2, -0.15) is 5.10 Å². The zero-order valence-electron chi connectivity index (χ0n) is 14.8. The molecule has 1 fully saturated rings. The molecule has 7 heteroatoms. The Morgan fingerprint density at radius 3 is 2.60 bits per heavy atom. The number of rotatable bonds is 3. The molecule has 0 saturated carbocycles. The van der Waals surface area contributed by atoms with E-state index in [0.717, 1.165) is 43.0 Å². The fourth-order valence-corrected chi connectivity index (χ4v) is 3.32. The van der Waals surface area contributed by atoms with E-state index in [0.29, 0.717) is 11.8 Å². The number of anilines is 1. The Hall–Kier alpha value is -2.25. The van der Waals surface area contributed by atoms with Gasteiger partial charge in [0.2, 0.25) is 11.8 Å². The number of hydrogen-bond acceptors (Lipinski definition) is 7. The number of hydrazone groups is 1. The minimum absolute atomic E-state index is 0.155. The van der Waals surface area contributed by atoms with Crippen LogP contribution in [0.1, 0.15) is 32.3 Å². The van der Waals surface area contributed by atoms with Gasteiger partial charge in [-0.15, -0.1) is 10.2 Å². The first kappa shape index (κ1) is 16.2. The van der Waals surface area contributed by atoms with Crippen LogP contribution in [0.5, 0.6) is 0 Å². The third-order valence-corrected chi connectivity index (χ3v) is 4.55. The Morgan fingerprint density at radius 2 is 1.92 bits per heavy atom. The van der Waals surface area contributed by atoms with Gasteiger partial charge in [0.1, 0.15) is 6.10 Å². The molecule has 2 aromatic rings. The second-order valence-corrected chi connectivity index (χ2v) is 6.86. The van der Waals surface area contributed by atoms with Gasteiger partial charge in [-0.25, -0.2) is 0 Å². The van der Waals surface area contributed by atoms with Gasteiger partial charge in [0.15, 0.2) is 0 Å². The van der Waals surface area contributed by atoms with Crippen LogP contribution in [0.3, 0.4) is 0 Å². The normalized spacial score (nSPS) is 24.6. The molecule has 2 atom stereocenters. The molecule has 2 aliphatic rings. The van der Waals surface area contributed by atoms with Crippen molar-refractivity contribution in [2.24, 2.45) is 5.10 Å². The zero-order chi connectivity index (χ0) is 17.4. The Kier molecular flexibility index (Phi) is 4.27. The van der Waals surface area contributed by atoms with Crippen molar-refractivity contribution >= 4 is 11.4 Å². The summed E-state index contributed by atoms with van der Waals surface area (Å²) in [5.41, 5.74) is 3.14. The lowest BCUT2D eigenvalue weighted by atomic mass is 10.2. The topological polar surface area (TPSA) is 67.0 Å². The van der Waals surface area contributed by atoms with Gasteiger partial charge in [-0.3, -0.25) is 5.01 Å². The average molecular weight is 341 g/mol. The fraction of sp³-hybridized carbons (Fsp3) is 0.500. The molecule has 0 aliphatic carbocycles. The van der Waals surface area contributed by atoms with E-state index in [9.17, 15) is 0 Å². The van der Waals surface area contributed by atoms with Crippen molar-refractivity contribution in [1.29, 1.82) is 0 Å². The van der Waals surface area contributed by atoms with Gasteiger partial charge in [-0.05, 0) is 45.2 Å². The summed E-state index contributed by atoms with van der Waals surface area (Å²) in [4.78, 5) is 2.22. The molecule has 1 saturated heterocycles. The van der Waals surface area contributed by atoms with Gasteiger partial charge < -0.3 is 14.1 Å². The number of nitrogens with zero attached hydrogens (tertiary/aromatic N) is 5. The second-order valence-electron chi connectivity index (χ2n) is 6.86. The molecule has 0 radical (unpaired) electrons. The lowest BCUT2D eigenvalue weighted by Gasteiger charge is -2.32. The zero-order valence-corrected chi connectivity index (χ0v) is 14.8. The molecule has 4 rings (SSSR count). The summed E-state index contributed by atoms with van der Waals surface area (Å²) in [5, 5.41) is 14.9. The van der Waals surface area contributed by atoms with Crippen LogP contribution in [0.25, 0.3) is 11.5 Å². The van der Waals surface area contributed by atoms with Crippen LogP contribution in [-0.4, -0.2) is 53.6 Å². The maximum absolute atomic E-state index is 5.93.